The third-order valence-electron chi connectivity index (χ3n) is 4.59. The smallest absolute Gasteiger partial charge is 0.261 e. The number of likely N-dealkylation sites (N-methyl/N-ethyl adjacent to an activating group) is 1. The third-order valence-corrected chi connectivity index (χ3v) is 4.84. The topological polar surface area (TPSA) is 66.9 Å². The van der Waals surface area contributed by atoms with Gasteiger partial charge in [-0.2, -0.15) is 0 Å². The molecule has 0 radical (unpaired) electrons. The molecule has 1 aliphatic rings. The molecule has 3 amide bonds. The summed E-state index contributed by atoms with van der Waals surface area (Å²) in [4.78, 5) is 39.6. The van der Waals surface area contributed by atoms with E-state index in [0.29, 0.717) is 41.5 Å². The van der Waals surface area contributed by atoms with Gasteiger partial charge >= 0.3 is 0 Å². The van der Waals surface area contributed by atoms with E-state index in [4.69, 9.17) is 16.3 Å². The van der Waals surface area contributed by atoms with Gasteiger partial charge in [0.05, 0.1) is 17.7 Å². The number of rotatable bonds is 8. The van der Waals surface area contributed by atoms with E-state index >= 15 is 0 Å². The number of ether oxygens (including phenoxy) is 1. The molecule has 1 aliphatic heterocycles. The fourth-order valence-electron chi connectivity index (χ4n) is 2.98. The van der Waals surface area contributed by atoms with Crippen LogP contribution >= 0.6 is 11.6 Å². The molecular weight excluding hydrogens is 380 g/mol. The van der Waals surface area contributed by atoms with E-state index in [1.807, 2.05) is 0 Å². The first-order valence-corrected chi connectivity index (χ1v) is 9.42. The number of nitrogens with zero attached hydrogens (tertiary/aromatic N) is 2. The zero-order chi connectivity index (χ0) is 20.1. The molecule has 7 heteroatoms. The first-order chi connectivity index (χ1) is 13.5. The van der Waals surface area contributed by atoms with Crippen LogP contribution in [0.4, 0.5) is 0 Å². The molecule has 0 saturated carbocycles. The Morgan fingerprint density at radius 2 is 1.64 bits per heavy atom. The monoisotopic (exact) mass is 400 g/mol. The highest BCUT2D eigenvalue weighted by Gasteiger charge is 2.34. The van der Waals surface area contributed by atoms with Crippen LogP contribution in [0.25, 0.3) is 0 Å². The van der Waals surface area contributed by atoms with Crippen molar-refractivity contribution in [3.63, 3.8) is 0 Å². The van der Waals surface area contributed by atoms with Crippen LogP contribution in [0.1, 0.15) is 33.6 Å². The van der Waals surface area contributed by atoms with Gasteiger partial charge in [-0.25, -0.2) is 0 Å². The molecule has 146 valence electrons. The van der Waals surface area contributed by atoms with E-state index in [0.717, 1.165) is 0 Å². The fourth-order valence-corrected chi connectivity index (χ4v) is 3.10. The molecule has 2 aromatic rings. The van der Waals surface area contributed by atoms with Crippen molar-refractivity contribution in [1.82, 2.24) is 9.80 Å². The van der Waals surface area contributed by atoms with Crippen LogP contribution in [-0.2, 0) is 4.79 Å². The minimum Gasteiger partial charge on any atom is -0.492 e. The van der Waals surface area contributed by atoms with Crippen LogP contribution in [0.5, 0.6) is 5.75 Å². The highest BCUT2D eigenvalue weighted by atomic mass is 35.5. The second-order valence-corrected chi connectivity index (χ2v) is 6.97. The molecule has 1 heterocycles. The Labute approximate surface area is 168 Å². The molecule has 0 atom stereocenters. The highest BCUT2D eigenvalue weighted by molar-refractivity contribution is 6.30. The lowest BCUT2D eigenvalue weighted by atomic mass is 10.1. The summed E-state index contributed by atoms with van der Waals surface area (Å²) in [6.07, 6.45) is 0.678. The highest BCUT2D eigenvalue weighted by Crippen LogP contribution is 2.22. The van der Waals surface area contributed by atoms with Gasteiger partial charge in [0.1, 0.15) is 12.4 Å². The zero-order valence-corrected chi connectivity index (χ0v) is 16.3. The molecule has 0 N–H and O–H groups in total. The molecule has 0 spiro atoms. The number of carbonyl (C=O) groups is 3. The van der Waals surface area contributed by atoms with Crippen molar-refractivity contribution in [2.45, 2.75) is 12.8 Å². The summed E-state index contributed by atoms with van der Waals surface area (Å²) < 4.78 is 5.58. The van der Waals surface area contributed by atoms with Crippen LogP contribution in [0.2, 0.25) is 5.02 Å². The van der Waals surface area contributed by atoms with Crippen LogP contribution in [0.3, 0.4) is 0 Å². The van der Waals surface area contributed by atoms with Crippen molar-refractivity contribution in [1.29, 1.82) is 0 Å². The van der Waals surface area contributed by atoms with Gasteiger partial charge in [-0.15, -0.1) is 0 Å². The van der Waals surface area contributed by atoms with Gasteiger partial charge in [-0.1, -0.05) is 23.7 Å². The Hall–Kier alpha value is -2.86. The maximum atomic E-state index is 12.3. The van der Waals surface area contributed by atoms with Crippen molar-refractivity contribution < 1.29 is 19.1 Å². The molecule has 0 unspecified atom stereocenters. The SMILES string of the molecule is CN(CCOc1ccc(Cl)cc1)C(=O)CCCN1C(=O)c2ccccc2C1=O. The number of amides is 3. The average molecular weight is 401 g/mol. The molecule has 0 fully saturated rings. The number of fused-ring (bicyclic) bond motifs is 1. The molecule has 0 aliphatic carbocycles. The summed E-state index contributed by atoms with van der Waals surface area (Å²) in [5.41, 5.74) is 0.852. The van der Waals surface area contributed by atoms with Gasteiger partial charge in [-0.3, -0.25) is 19.3 Å². The fraction of sp³-hybridized carbons (Fsp3) is 0.286. The van der Waals surface area contributed by atoms with Gasteiger partial charge in [0.15, 0.2) is 0 Å². The molecule has 6 nitrogen and oxygen atoms in total. The third kappa shape index (κ3) is 4.51. The van der Waals surface area contributed by atoms with E-state index in [2.05, 4.69) is 0 Å². The second-order valence-electron chi connectivity index (χ2n) is 6.53. The number of halogens is 1. The Bertz CT molecular complexity index is 847. The van der Waals surface area contributed by atoms with E-state index < -0.39 is 0 Å². The molecular formula is C21H21ClN2O4. The van der Waals surface area contributed by atoms with Gasteiger partial charge in [-0.05, 0) is 42.8 Å². The second kappa shape index (κ2) is 8.89. The zero-order valence-electron chi connectivity index (χ0n) is 15.6. The lowest BCUT2D eigenvalue weighted by Crippen LogP contribution is -2.33. The van der Waals surface area contributed by atoms with Crippen LogP contribution in [-0.4, -0.2) is 54.3 Å². The number of hydrogen-bond donors (Lipinski definition) is 0. The van der Waals surface area contributed by atoms with Gasteiger partial charge < -0.3 is 9.64 Å². The summed E-state index contributed by atoms with van der Waals surface area (Å²) >= 11 is 5.82. The van der Waals surface area contributed by atoms with Crippen LogP contribution in [0, 0.1) is 0 Å². The summed E-state index contributed by atoms with van der Waals surface area (Å²) in [5, 5.41) is 0.637. The summed E-state index contributed by atoms with van der Waals surface area (Å²) in [6, 6.07) is 13.8. The first-order valence-electron chi connectivity index (χ1n) is 9.05. The van der Waals surface area contributed by atoms with Crippen LogP contribution in [0.15, 0.2) is 48.5 Å². The average Bonchev–Trinajstić information content (AvgIpc) is 2.94. The molecule has 28 heavy (non-hydrogen) atoms. The first kappa shape index (κ1) is 19.9. The maximum Gasteiger partial charge on any atom is 0.261 e. The molecule has 2 aromatic carbocycles. The number of benzene rings is 2. The van der Waals surface area contributed by atoms with Crippen molar-refractivity contribution in [3.8, 4) is 5.75 Å². The van der Waals surface area contributed by atoms with Gasteiger partial charge in [0.25, 0.3) is 11.8 Å². The summed E-state index contributed by atoms with van der Waals surface area (Å²) in [5.74, 6) is 0.0442. The standard InChI is InChI=1S/C21H21ClN2O4/c1-23(13-14-28-16-10-8-15(22)9-11-16)19(25)7-4-12-24-20(26)17-5-2-3-6-18(17)21(24)27/h2-3,5-6,8-11H,4,7,12-14H2,1H3. The normalized spacial score (nSPS) is 12.9. The lowest BCUT2D eigenvalue weighted by Gasteiger charge is -2.18. The summed E-state index contributed by atoms with van der Waals surface area (Å²) in [7, 11) is 1.70. The molecule has 0 aromatic heterocycles. The Kier molecular flexibility index (Phi) is 6.31. The number of hydrogen-bond acceptors (Lipinski definition) is 4. The maximum absolute atomic E-state index is 12.3. The van der Waals surface area contributed by atoms with E-state index in [1.54, 1.807) is 60.5 Å². The minimum absolute atomic E-state index is 0.0590. The number of imide groups is 1. The largest absolute Gasteiger partial charge is 0.492 e. The van der Waals surface area contributed by atoms with Crippen molar-refractivity contribution in [2.24, 2.45) is 0 Å². The molecule has 0 saturated heterocycles. The van der Waals surface area contributed by atoms with Crippen molar-refractivity contribution >= 4 is 29.3 Å². The van der Waals surface area contributed by atoms with Crippen molar-refractivity contribution in [3.05, 3.63) is 64.7 Å². The Morgan fingerprint density at radius 1 is 1.04 bits per heavy atom. The van der Waals surface area contributed by atoms with Crippen LogP contribution < -0.4 is 4.74 Å². The minimum atomic E-state index is -0.294. The predicted molar refractivity (Wildman–Crippen MR) is 106 cm³/mol. The Balaban J connectivity index is 1.40. The lowest BCUT2D eigenvalue weighted by molar-refractivity contribution is -0.130. The van der Waals surface area contributed by atoms with Crippen molar-refractivity contribution in [2.75, 3.05) is 26.7 Å². The van der Waals surface area contributed by atoms with Gasteiger partial charge in [0, 0.05) is 25.0 Å². The summed E-state index contributed by atoms with van der Waals surface area (Å²) in [6.45, 7) is 1.03. The predicted octanol–water partition coefficient (Wildman–Crippen LogP) is 3.25. The van der Waals surface area contributed by atoms with Gasteiger partial charge in [0.2, 0.25) is 5.91 Å². The number of carbonyl (C=O) groups excluding carboxylic acids is 3. The van der Waals surface area contributed by atoms with E-state index in [1.165, 1.54) is 4.90 Å². The van der Waals surface area contributed by atoms with E-state index in [-0.39, 0.29) is 30.7 Å². The van der Waals surface area contributed by atoms with E-state index in [9.17, 15) is 14.4 Å². The quantitative estimate of drug-likeness (QED) is 0.638. The molecule has 0 bridgehead atoms. The molecule has 3 rings (SSSR count). The Morgan fingerprint density at radius 3 is 2.25 bits per heavy atom.